The second-order valence-corrected chi connectivity index (χ2v) is 7.45. The summed E-state index contributed by atoms with van der Waals surface area (Å²) in [6.45, 7) is 5.49. The summed E-state index contributed by atoms with van der Waals surface area (Å²) in [6, 6.07) is 20.9. The van der Waals surface area contributed by atoms with Crippen LogP contribution in [0.5, 0.6) is 0 Å². The molecule has 0 fully saturated rings. The van der Waals surface area contributed by atoms with Crippen molar-refractivity contribution in [3.05, 3.63) is 106 Å². The lowest BCUT2D eigenvalue weighted by molar-refractivity contribution is -0.124. The predicted molar refractivity (Wildman–Crippen MR) is 119 cm³/mol. The molecule has 0 aliphatic carbocycles. The van der Waals surface area contributed by atoms with Crippen molar-refractivity contribution in [1.29, 1.82) is 0 Å². The normalized spacial score (nSPS) is 11.5. The third kappa shape index (κ3) is 5.45. The van der Waals surface area contributed by atoms with Gasteiger partial charge in [0, 0.05) is 11.1 Å². The van der Waals surface area contributed by atoms with E-state index in [1.54, 1.807) is 42.5 Å². The Morgan fingerprint density at radius 3 is 2.16 bits per heavy atom. The molecule has 1 amide bonds. The molecule has 3 aromatic rings. The van der Waals surface area contributed by atoms with E-state index in [4.69, 9.17) is 4.74 Å². The van der Waals surface area contributed by atoms with Gasteiger partial charge >= 0.3 is 5.97 Å². The number of hydrogen-bond acceptors (Lipinski definition) is 4. The molecule has 5 heteroatoms. The second-order valence-electron chi connectivity index (χ2n) is 7.45. The Kier molecular flexibility index (Phi) is 6.98. The first-order valence-corrected chi connectivity index (χ1v) is 10.1. The maximum absolute atomic E-state index is 12.8. The molecule has 0 radical (unpaired) electrons. The molecule has 1 N–H and O–H groups in total. The Hall–Kier alpha value is -3.73. The van der Waals surface area contributed by atoms with Crippen LogP contribution in [0.2, 0.25) is 0 Å². The van der Waals surface area contributed by atoms with E-state index in [-0.39, 0.29) is 23.0 Å². The van der Waals surface area contributed by atoms with Gasteiger partial charge in [0.2, 0.25) is 0 Å². The highest BCUT2D eigenvalue weighted by atomic mass is 16.5. The Morgan fingerprint density at radius 2 is 1.48 bits per heavy atom. The quantitative estimate of drug-likeness (QED) is 0.453. The molecule has 3 aromatic carbocycles. The van der Waals surface area contributed by atoms with E-state index >= 15 is 0 Å². The van der Waals surface area contributed by atoms with Crippen LogP contribution in [-0.2, 0) is 9.53 Å². The van der Waals surface area contributed by atoms with Gasteiger partial charge < -0.3 is 10.1 Å². The van der Waals surface area contributed by atoms with Crippen LogP contribution in [0, 0.1) is 13.8 Å². The summed E-state index contributed by atoms with van der Waals surface area (Å²) in [6.07, 6.45) is 0. The molecule has 0 aliphatic rings. The van der Waals surface area contributed by atoms with E-state index in [0.717, 1.165) is 11.1 Å². The van der Waals surface area contributed by atoms with Crippen molar-refractivity contribution < 1.29 is 19.1 Å². The minimum absolute atomic E-state index is 0.131. The fourth-order valence-corrected chi connectivity index (χ4v) is 3.21. The first kappa shape index (κ1) is 22.0. The summed E-state index contributed by atoms with van der Waals surface area (Å²) in [5.74, 6) is -1.40. The van der Waals surface area contributed by atoms with E-state index in [1.807, 2.05) is 45.0 Å². The van der Waals surface area contributed by atoms with Crippen LogP contribution in [0.25, 0.3) is 0 Å². The number of aryl methyl sites for hydroxylation is 2. The Labute approximate surface area is 182 Å². The molecular weight excluding hydrogens is 390 g/mol. The summed E-state index contributed by atoms with van der Waals surface area (Å²) >= 11 is 0. The number of esters is 1. The molecule has 1 atom stereocenters. The highest BCUT2D eigenvalue weighted by molar-refractivity contribution is 6.14. The number of nitrogens with one attached hydrogen (secondary N) is 1. The number of carbonyl (C=O) groups excluding carboxylic acids is 3. The second kappa shape index (κ2) is 9.85. The van der Waals surface area contributed by atoms with E-state index in [2.05, 4.69) is 5.32 Å². The van der Waals surface area contributed by atoms with Crippen LogP contribution in [-0.4, -0.2) is 24.3 Å². The van der Waals surface area contributed by atoms with Gasteiger partial charge in [-0.3, -0.25) is 9.59 Å². The van der Waals surface area contributed by atoms with Gasteiger partial charge in [-0.15, -0.1) is 0 Å². The topological polar surface area (TPSA) is 72.5 Å². The van der Waals surface area contributed by atoms with Crippen molar-refractivity contribution >= 4 is 17.7 Å². The zero-order chi connectivity index (χ0) is 22.4. The van der Waals surface area contributed by atoms with Crippen molar-refractivity contribution in [1.82, 2.24) is 5.32 Å². The number of ketones is 1. The molecule has 0 saturated carbocycles. The van der Waals surface area contributed by atoms with E-state index < -0.39 is 18.5 Å². The van der Waals surface area contributed by atoms with Crippen LogP contribution >= 0.6 is 0 Å². The first-order chi connectivity index (χ1) is 14.9. The molecule has 0 aromatic heterocycles. The molecule has 0 heterocycles. The Morgan fingerprint density at radius 1 is 0.839 bits per heavy atom. The smallest absolute Gasteiger partial charge is 0.339 e. The van der Waals surface area contributed by atoms with Crippen LogP contribution in [0.3, 0.4) is 0 Å². The third-order valence-electron chi connectivity index (χ3n) is 5.17. The summed E-state index contributed by atoms with van der Waals surface area (Å²) < 4.78 is 5.19. The van der Waals surface area contributed by atoms with Gasteiger partial charge in [-0.05, 0) is 43.5 Å². The zero-order valence-electron chi connectivity index (χ0n) is 17.8. The van der Waals surface area contributed by atoms with Crippen LogP contribution in [0.15, 0.2) is 72.8 Å². The minimum atomic E-state index is -0.714. The SMILES string of the molecule is Cc1ccc([C@H](C)NC(=O)COC(=O)c2ccccc2C(=O)c2ccccc2)cc1C. The average Bonchev–Trinajstić information content (AvgIpc) is 2.79. The van der Waals surface area contributed by atoms with Crippen molar-refractivity contribution in [2.24, 2.45) is 0 Å². The Bertz CT molecular complexity index is 1110. The van der Waals surface area contributed by atoms with Gasteiger partial charge in [0.15, 0.2) is 12.4 Å². The lowest BCUT2D eigenvalue weighted by Crippen LogP contribution is -2.31. The average molecular weight is 415 g/mol. The van der Waals surface area contributed by atoms with Gasteiger partial charge in [0.25, 0.3) is 5.91 Å². The molecule has 0 spiro atoms. The fourth-order valence-electron chi connectivity index (χ4n) is 3.21. The molecule has 3 rings (SSSR count). The fraction of sp³-hybridized carbons (Fsp3) is 0.192. The number of rotatable bonds is 7. The van der Waals surface area contributed by atoms with Gasteiger partial charge in [-0.1, -0.05) is 66.7 Å². The van der Waals surface area contributed by atoms with Gasteiger partial charge in [0.1, 0.15) is 0 Å². The number of benzene rings is 3. The van der Waals surface area contributed by atoms with Gasteiger partial charge in [-0.25, -0.2) is 4.79 Å². The summed E-state index contributed by atoms with van der Waals surface area (Å²) in [4.78, 5) is 37.7. The molecule has 5 nitrogen and oxygen atoms in total. The lowest BCUT2D eigenvalue weighted by atomic mass is 9.98. The van der Waals surface area contributed by atoms with Crippen molar-refractivity contribution in [2.75, 3.05) is 6.61 Å². The minimum Gasteiger partial charge on any atom is -0.452 e. The number of carbonyl (C=O) groups is 3. The Balaban J connectivity index is 1.64. The van der Waals surface area contributed by atoms with Crippen molar-refractivity contribution in [3.63, 3.8) is 0 Å². The van der Waals surface area contributed by atoms with Gasteiger partial charge in [0.05, 0.1) is 11.6 Å². The highest BCUT2D eigenvalue weighted by Crippen LogP contribution is 2.18. The van der Waals surface area contributed by atoms with Crippen LogP contribution < -0.4 is 5.32 Å². The molecule has 0 unspecified atom stereocenters. The maximum atomic E-state index is 12.8. The van der Waals surface area contributed by atoms with Crippen LogP contribution in [0.4, 0.5) is 0 Å². The molecule has 0 bridgehead atoms. The molecule has 0 aliphatic heterocycles. The van der Waals surface area contributed by atoms with Crippen molar-refractivity contribution in [2.45, 2.75) is 26.8 Å². The van der Waals surface area contributed by atoms with Crippen molar-refractivity contribution in [3.8, 4) is 0 Å². The summed E-state index contributed by atoms with van der Waals surface area (Å²) in [5.41, 5.74) is 4.14. The number of ether oxygens (including phenoxy) is 1. The zero-order valence-corrected chi connectivity index (χ0v) is 17.8. The molecule has 158 valence electrons. The molecule has 0 saturated heterocycles. The molecule has 31 heavy (non-hydrogen) atoms. The van der Waals surface area contributed by atoms with Gasteiger partial charge in [-0.2, -0.15) is 0 Å². The lowest BCUT2D eigenvalue weighted by Gasteiger charge is -2.16. The highest BCUT2D eigenvalue weighted by Gasteiger charge is 2.20. The summed E-state index contributed by atoms with van der Waals surface area (Å²) in [5, 5.41) is 2.83. The first-order valence-electron chi connectivity index (χ1n) is 10.1. The monoisotopic (exact) mass is 415 g/mol. The maximum Gasteiger partial charge on any atom is 0.339 e. The molecular formula is C26H25NO4. The predicted octanol–water partition coefficient (Wildman–Crippen LogP) is 4.57. The third-order valence-corrected chi connectivity index (χ3v) is 5.17. The standard InChI is InChI=1S/C26H25NO4/c1-17-13-14-21(15-18(17)2)19(3)27-24(28)16-31-26(30)23-12-8-7-11-22(23)25(29)20-9-5-4-6-10-20/h4-15,19H,16H2,1-3H3,(H,27,28)/t19-/m0/s1. The van der Waals surface area contributed by atoms with E-state index in [9.17, 15) is 14.4 Å². The van der Waals surface area contributed by atoms with E-state index in [1.165, 1.54) is 11.6 Å². The number of amides is 1. The largest absolute Gasteiger partial charge is 0.452 e. The summed E-state index contributed by atoms with van der Waals surface area (Å²) in [7, 11) is 0. The van der Waals surface area contributed by atoms with E-state index in [0.29, 0.717) is 5.56 Å². The number of hydrogen-bond donors (Lipinski definition) is 1. The van der Waals surface area contributed by atoms with Crippen LogP contribution in [0.1, 0.15) is 55.9 Å².